The zero-order valence-electron chi connectivity index (χ0n) is 24.6. The van der Waals surface area contributed by atoms with Crippen LogP contribution < -0.4 is 26.4 Å². The van der Waals surface area contributed by atoms with Gasteiger partial charge in [-0.25, -0.2) is 4.79 Å². The number of carbonyl (C=O) groups is 5. The Morgan fingerprint density at radius 1 is 0.857 bits per heavy atom. The Morgan fingerprint density at radius 2 is 1.52 bits per heavy atom. The van der Waals surface area contributed by atoms with E-state index in [1.54, 1.807) is 0 Å². The number of rotatable bonds is 21. The Labute approximate surface area is 246 Å². The van der Waals surface area contributed by atoms with Crippen LogP contribution in [-0.2, 0) is 24.0 Å². The van der Waals surface area contributed by atoms with Crippen molar-refractivity contribution in [3.05, 3.63) is 30.3 Å². The van der Waals surface area contributed by atoms with Crippen molar-refractivity contribution in [2.45, 2.75) is 89.9 Å². The molecule has 0 aliphatic rings. The van der Waals surface area contributed by atoms with E-state index in [1.165, 1.54) is 6.92 Å². The Bertz CT molecular complexity index is 1010. The molecule has 0 radical (unpaired) electrons. The number of aliphatic hydroxyl groups excluding tert-OH is 1. The van der Waals surface area contributed by atoms with E-state index in [1.807, 2.05) is 44.2 Å². The summed E-state index contributed by atoms with van der Waals surface area (Å²) >= 11 is 0. The van der Waals surface area contributed by atoms with Crippen LogP contribution in [0.2, 0.25) is 0 Å². The zero-order valence-corrected chi connectivity index (χ0v) is 24.6. The van der Waals surface area contributed by atoms with Gasteiger partial charge >= 0.3 is 11.9 Å². The van der Waals surface area contributed by atoms with Crippen LogP contribution in [0.5, 0.6) is 5.75 Å². The van der Waals surface area contributed by atoms with Gasteiger partial charge in [0.1, 0.15) is 23.9 Å². The molecule has 8 N–H and O–H groups in total. The van der Waals surface area contributed by atoms with E-state index in [9.17, 15) is 34.2 Å². The summed E-state index contributed by atoms with van der Waals surface area (Å²) in [6.45, 7) is 5.53. The summed E-state index contributed by atoms with van der Waals surface area (Å²) < 4.78 is 5.76. The minimum Gasteiger partial charge on any atom is -0.493 e. The Balaban J connectivity index is 2.43. The molecule has 3 amide bonds. The largest absolute Gasteiger partial charge is 0.493 e. The van der Waals surface area contributed by atoms with Crippen molar-refractivity contribution in [1.82, 2.24) is 16.0 Å². The average Bonchev–Trinajstić information content (AvgIpc) is 2.93. The number of para-hydroxylation sites is 1. The minimum atomic E-state index is -1.37. The third-order valence-electron chi connectivity index (χ3n) is 6.63. The second-order valence-electron chi connectivity index (χ2n) is 10.8. The van der Waals surface area contributed by atoms with E-state index in [-0.39, 0.29) is 50.0 Å². The molecule has 0 spiro atoms. The highest BCUT2D eigenvalue weighted by Gasteiger charge is 2.25. The van der Waals surface area contributed by atoms with Crippen molar-refractivity contribution in [1.29, 1.82) is 0 Å². The fraction of sp³-hybridized carbons (Fsp3) is 0.621. The van der Waals surface area contributed by atoms with Crippen LogP contribution >= 0.6 is 0 Å². The van der Waals surface area contributed by atoms with Crippen LogP contribution in [0.15, 0.2) is 30.3 Å². The number of nitrogens with one attached hydrogen (secondary N) is 3. The van der Waals surface area contributed by atoms with E-state index < -0.39 is 47.9 Å². The van der Waals surface area contributed by atoms with E-state index in [4.69, 9.17) is 15.6 Å². The molecule has 0 aliphatic carbocycles. The van der Waals surface area contributed by atoms with Gasteiger partial charge in [0.2, 0.25) is 17.7 Å². The molecule has 13 nitrogen and oxygen atoms in total. The van der Waals surface area contributed by atoms with Gasteiger partial charge in [-0.1, -0.05) is 32.0 Å². The van der Waals surface area contributed by atoms with E-state index >= 15 is 0 Å². The molecule has 13 heteroatoms. The lowest BCUT2D eigenvalue weighted by atomic mass is 9.95. The average molecular weight is 595 g/mol. The molecule has 1 rings (SSSR count). The normalized spacial score (nSPS) is 15.3. The second-order valence-corrected chi connectivity index (χ2v) is 10.8. The SMILES string of the molecule is CC(COc1ccccc1)CC(C)CC(=O)NC(C)C(=O)NC(CCC(=O)NC(CO)CCCC(N)C(=O)O)C(=O)O. The summed E-state index contributed by atoms with van der Waals surface area (Å²) in [5.41, 5.74) is 5.44. The first-order valence-electron chi connectivity index (χ1n) is 14.2. The first-order valence-corrected chi connectivity index (χ1v) is 14.2. The molecule has 0 aliphatic heterocycles. The number of carboxylic acids is 2. The Hall–Kier alpha value is -3.71. The molecule has 1 aromatic rings. The highest BCUT2D eigenvalue weighted by molar-refractivity contribution is 5.90. The first-order chi connectivity index (χ1) is 19.8. The number of nitrogens with two attached hydrogens (primary N) is 1. The van der Waals surface area contributed by atoms with Crippen molar-refractivity contribution < 1.29 is 44.0 Å². The van der Waals surface area contributed by atoms with Crippen molar-refractivity contribution >= 4 is 29.7 Å². The van der Waals surface area contributed by atoms with Crippen molar-refractivity contribution in [3.63, 3.8) is 0 Å². The second kappa shape index (κ2) is 19.4. The molecule has 6 atom stereocenters. The van der Waals surface area contributed by atoms with Gasteiger partial charge in [0.05, 0.1) is 19.3 Å². The molecule has 0 saturated heterocycles. The van der Waals surface area contributed by atoms with Crippen LogP contribution in [0.4, 0.5) is 0 Å². The fourth-order valence-corrected chi connectivity index (χ4v) is 4.32. The van der Waals surface area contributed by atoms with Crippen LogP contribution in [-0.4, -0.2) is 82.4 Å². The smallest absolute Gasteiger partial charge is 0.326 e. The first kappa shape index (κ1) is 36.3. The van der Waals surface area contributed by atoms with Gasteiger partial charge in [-0.15, -0.1) is 0 Å². The van der Waals surface area contributed by atoms with E-state index in [0.29, 0.717) is 19.4 Å². The number of ether oxygens (including phenoxy) is 1. The zero-order chi connectivity index (χ0) is 31.7. The summed E-state index contributed by atoms with van der Waals surface area (Å²) in [5, 5.41) is 35.3. The van der Waals surface area contributed by atoms with Gasteiger partial charge < -0.3 is 41.7 Å². The summed E-state index contributed by atoms with van der Waals surface area (Å²) in [7, 11) is 0. The van der Waals surface area contributed by atoms with Gasteiger partial charge in [-0.3, -0.25) is 19.2 Å². The maximum atomic E-state index is 12.6. The number of aliphatic hydroxyl groups is 1. The van der Waals surface area contributed by atoms with Gasteiger partial charge in [-0.05, 0) is 63.0 Å². The molecule has 236 valence electrons. The molecule has 0 fully saturated rings. The van der Waals surface area contributed by atoms with Gasteiger partial charge in [-0.2, -0.15) is 0 Å². The molecule has 1 aromatic carbocycles. The van der Waals surface area contributed by atoms with Crippen LogP contribution in [0.1, 0.15) is 65.7 Å². The van der Waals surface area contributed by atoms with Gasteiger partial charge in [0.15, 0.2) is 0 Å². The predicted molar refractivity (Wildman–Crippen MR) is 154 cm³/mol. The number of aliphatic carboxylic acids is 2. The number of amides is 3. The molecular weight excluding hydrogens is 548 g/mol. The van der Waals surface area contributed by atoms with Crippen LogP contribution in [0.3, 0.4) is 0 Å². The summed E-state index contributed by atoms with van der Waals surface area (Å²) in [6, 6.07) is 5.39. The molecule has 42 heavy (non-hydrogen) atoms. The van der Waals surface area contributed by atoms with Crippen LogP contribution in [0.25, 0.3) is 0 Å². The van der Waals surface area contributed by atoms with Gasteiger partial charge in [0.25, 0.3) is 0 Å². The summed E-state index contributed by atoms with van der Waals surface area (Å²) in [6.07, 6.45) is 1.28. The van der Waals surface area contributed by atoms with Crippen molar-refractivity contribution in [2.24, 2.45) is 17.6 Å². The third-order valence-corrected chi connectivity index (χ3v) is 6.63. The Kier molecular flexibility index (Phi) is 16.8. The Morgan fingerprint density at radius 3 is 2.12 bits per heavy atom. The van der Waals surface area contributed by atoms with Crippen LogP contribution in [0, 0.1) is 11.8 Å². The number of carbonyl (C=O) groups excluding carboxylic acids is 3. The molecular formula is C29H46N4O9. The molecule has 6 unspecified atom stereocenters. The number of hydrogen-bond acceptors (Lipinski definition) is 8. The lowest BCUT2D eigenvalue weighted by Crippen LogP contribution is -2.50. The van der Waals surface area contributed by atoms with Gasteiger partial charge in [0, 0.05) is 12.8 Å². The molecule has 0 aromatic heterocycles. The standard InChI is InChI=1S/C29H46N4O9/c1-18(14-19(2)17-42-22-9-5-4-6-10-22)15-26(36)31-20(3)27(37)33-24(29(40)41)12-13-25(35)32-21(16-34)8-7-11-23(30)28(38)39/h4-6,9-10,18-21,23-24,34H,7-8,11-17,30H2,1-3H3,(H,31,36)(H,32,35)(H,33,37)(H,38,39)(H,40,41). The fourth-order valence-electron chi connectivity index (χ4n) is 4.32. The quantitative estimate of drug-likeness (QED) is 0.107. The van der Waals surface area contributed by atoms with Crippen molar-refractivity contribution in [2.75, 3.05) is 13.2 Å². The summed E-state index contributed by atoms with van der Waals surface area (Å²) in [4.78, 5) is 59.8. The molecule has 0 saturated carbocycles. The highest BCUT2D eigenvalue weighted by atomic mass is 16.5. The predicted octanol–water partition coefficient (Wildman–Crippen LogP) is 1.03. The third kappa shape index (κ3) is 15.3. The highest BCUT2D eigenvalue weighted by Crippen LogP contribution is 2.17. The van der Waals surface area contributed by atoms with E-state index in [0.717, 1.165) is 12.2 Å². The minimum absolute atomic E-state index is 0.0246. The topological polar surface area (TPSA) is 217 Å². The monoisotopic (exact) mass is 594 g/mol. The number of hydrogen-bond donors (Lipinski definition) is 7. The van der Waals surface area contributed by atoms with E-state index in [2.05, 4.69) is 16.0 Å². The molecule has 0 heterocycles. The summed E-state index contributed by atoms with van der Waals surface area (Å²) in [5.74, 6) is -3.04. The van der Waals surface area contributed by atoms with Crippen molar-refractivity contribution in [3.8, 4) is 5.75 Å². The lowest BCUT2D eigenvalue weighted by molar-refractivity contribution is -0.142. The lowest BCUT2D eigenvalue weighted by Gasteiger charge is -2.21. The number of carboxylic acid groups (broad SMARTS) is 2. The number of benzene rings is 1. The maximum Gasteiger partial charge on any atom is 0.326 e. The molecule has 0 bridgehead atoms. The maximum absolute atomic E-state index is 12.6.